The fraction of sp³-hybridized carbons (Fsp3) is 0. The van der Waals surface area contributed by atoms with E-state index in [1.54, 1.807) is 24.3 Å². The zero-order valence-corrected chi connectivity index (χ0v) is 13.7. The normalized spacial score (nSPS) is 10.8. The summed E-state index contributed by atoms with van der Waals surface area (Å²) in [6.45, 7) is 0. The second-order valence-electron chi connectivity index (χ2n) is 4.07. The Kier molecular flexibility index (Phi) is 4.98. The SMILES string of the molecule is O=C(NN=Cc1cc(Br)c(O)cc1O)c1ccc(Br)cc1. The van der Waals surface area contributed by atoms with Gasteiger partial charge in [-0.15, -0.1) is 0 Å². The second kappa shape index (κ2) is 6.73. The van der Waals surface area contributed by atoms with E-state index in [0.29, 0.717) is 15.6 Å². The number of hydrogen-bond donors (Lipinski definition) is 3. The molecule has 0 saturated carbocycles. The van der Waals surface area contributed by atoms with Gasteiger partial charge in [-0.1, -0.05) is 15.9 Å². The quantitative estimate of drug-likeness (QED) is 0.532. The van der Waals surface area contributed by atoms with Gasteiger partial charge in [0, 0.05) is 21.7 Å². The first-order valence-corrected chi connectivity index (χ1v) is 7.36. The Balaban J connectivity index is 2.07. The van der Waals surface area contributed by atoms with Crippen molar-refractivity contribution in [1.29, 1.82) is 0 Å². The number of hydrazone groups is 1. The highest BCUT2D eigenvalue weighted by atomic mass is 79.9. The van der Waals surface area contributed by atoms with E-state index in [9.17, 15) is 15.0 Å². The van der Waals surface area contributed by atoms with Crippen molar-refractivity contribution < 1.29 is 15.0 Å². The van der Waals surface area contributed by atoms with Crippen LogP contribution in [-0.2, 0) is 0 Å². The largest absolute Gasteiger partial charge is 0.507 e. The van der Waals surface area contributed by atoms with Crippen LogP contribution in [-0.4, -0.2) is 22.3 Å². The molecule has 0 saturated heterocycles. The molecule has 0 spiro atoms. The molecule has 0 radical (unpaired) electrons. The van der Waals surface area contributed by atoms with Gasteiger partial charge in [-0.3, -0.25) is 4.79 Å². The summed E-state index contributed by atoms with van der Waals surface area (Å²) in [6, 6.07) is 9.48. The summed E-state index contributed by atoms with van der Waals surface area (Å²) in [5.41, 5.74) is 3.18. The highest BCUT2D eigenvalue weighted by Gasteiger charge is 2.06. The lowest BCUT2D eigenvalue weighted by molar-refractivity contribution is 0.0955. The molecule has 21 heavy (non-hydrogen) atoms. The third-order valence-corrected chi connectivity index (χ3v) is 3.74. The number of aromatic hydroxyl groups is 2. The molecule has 0 atom stereocenters. The molecule has 0 heterocycles. The molecule has 0 aliphatic rings. The predicted molar refractivity (Wildman–Crippen MR) is 86.7 cm³/mol. The molecular weight excluding hydrogens is 404 g/mol. The molecule has 0 fully saturated rings. The summed E-state index contributed by atoms with van der Waals surface area (Å²) in [6.07, 6.45) is 1.29. The summed E-state index contributed by atoms with van der Waals surface area (Å²) in [5.74, 6) is -0.586. The van der Waals surface area contributed by atoms with Gasteiger partial charge in [0.1, 0.15) is 11.5 Å². The van der Waals surface area contributed by atoms with E-state index < -0.39 is 0 Å². The van der Waals surface area contributed by atoms with Crippen LogP contribution >= 0.6 is 31.9 Å². The monoisotopic (exact) mass is 412 g/mol. The highest BCUT2D eigenvalue weighted by molar-refractivity contribution is 9.10. The number of amides is 1. The lowest BCUT2D eigenvalue weighted by atomic mass is 10.2. The van der Waals surface area contributed by atoms with Gasteiger partial charge >= 0.3 is 0 Å². The third-order valence-electron chi connectivity index (χ3n) is 2.57. The van der Waals surface area contributed by atoms with E-state index in [2.05, 4.69) is 42.4 Å². The minimum Gasteiger partial charge on any atom is -0.507 e. The van der Waals surface area contributed by atoms with Crippen LogP contribution in [0.2, 0.25) is 0 Å². The number of halogens is 2. The molecule has 0 aliphatic heterocycles. The van der Waals surface area contributed by atoms with Crippen LogP contribution in [0.25, 0.3) is 0 Å². The van der Waals surface area contributed by atoms with Gasteiger partial charge in [0.05, 0.1) is 10.7 Å². The Labute approximate surface area is 137 Å². The Hall–Kier alpha value is -1.86. The van der Waals surface area contributed by atoms with Gasteiger partial charge in [-0.2, -0.15) is 5.10 Å². The van der Waals surface area contributed by atoms with Crippen LogP contribution < -0.4 is 5.43 Å². The molecular formula is C14H10Br2N2O3. The molecule has 7 heteroatoms. The second-order valence-corrected chi connectivity index (χ2v) is 5.84. The predicted octanol–water partition coefficient (Wildman–Crippen LogP) is 3.39. The van der Waals surface area contributed by atoms with E-state index in [4.69, 9.17) is 0 Å². The molecule has 3 N–H and O–H groups in total. The van der Waals surface area contributed by atoms with Crippen LogP contribution in [0.1, 0.15) is 15.9 Å². The van der Waals surface area contributed by atoms with Crippen molar-refractivity contribution in [2.45, 2.75) is 0 Å². The van der Waals surface area contributed by atoms with Crippen molar-refractivity contribution in [1.82, 2.24) is 5.43 Å². The zero-order valence-electron chi connectivity index (χ0n) is 10.5. The lowest BCUT2D eigenvalue weighted by Gasteiger charge is -2.03. The molecule has 2 aromatic carbocycles. The number of carbonyl (C=O) groups excluding carboxylic acids is 1. The first-order chi connectivity index (χ1) is 9.97. The lowest BCUT2D eigenvalue weighted by Crippen LogP contribution is -2.17. The number of benzene rings is 2. The van der Waals surface area contributed by atoms with Gasteiger partial charge in [-0.05, 0) is 46.3 Å². The van der Waals surface area contributed by atoms with E-state index in [0.717, 1.165) is 4.47 Å². The highest BCUT2D eigenvalue weighted by Crippen LogP contribution is 2.30. The molecule has 5 nitrogen and oxygen atoms in total. The number of phenolic OH excluding ortho intramolecular Hbond substituents is 2. The van der Waals surface area contributed by atoms with E-state index in [-0.39, 0.29) is 17.4 Å². The summed E-state index contributed by atoms with van der Waals surface area (Å²) in [7, 11) is 0. The summed E-state index contributed by atoms with van der Waals surface area (Å²) < 4.78 is 1.29. The molecule has 0 aliphatic carbocycles. The number of rotatable bonds is 3. The fourth-order valence-corrected chi connectivity index (χ4v) is 2.12. The van der Waals surface area contributed by atoms with Gasteiger partial charge in [0.25, 0.3) is 5.91 Å². The number of carbonyl (C=O) groups is 1. The Morgan fingerprint density at radius 1 is 1.10 bits per heavy atom. The van der Waals surface area contributed by atoms with Crippen molar-refractivity contribution >= 4 is 44.0 Å². The molecule has 0 aromatic heterocycles. The molecule has 1 amide bonds. The van der Waals surface area contributed by atoms with E-state index in [1.165, 1.54) is 18.3 Å². The van der Waals surface area contributed by atoms with Crippen molar-refractivity contribution in [2.24, 2.45) is 5.10 Å². The molecule has 0 bridgehead atoms. The number of hydrogen-bond acceptors (Lipinski definition) is 4. The molecule has 0 unspecified atom stereocenters. The van der Waals surface area contributed by atoms with Gasteiger partial charge in [-0.25, -0.2) is 5.43 Å². The maximum Gasteiger partial charge on any atom is 0.271 e. The van der Waals surface area contributed by atoms with Crippen LogP contribution in [0.3, 0.4) is 0 Å². The minimum absolute atomic E-state index is 0.0800. The van der Waals surface area contributed by atoms with Gasteiger partial charge < -0.3 is 10.2 Å². The Bertz CT molecular complexity index is 700. The van der Waals surface area contributed by atoms with Crippen LogP contribution in [0.4, 0.5) is 0 Å². The molecule has 2 rings (SSSR count). The van der Waals surface area contributed by atoms with Crippen molar-refractivity contribution in [3.05, 3.63) is 56.5 Å². The van der Waals surface area contributed by atoms with Crippen LogP contribution in [0.15, 0.2) is 50.4 Å². The van der Waals surface area contributed by atoms with Crippen molar-refractivity contribution in [3.63, 3.8) is 0 Å². The van der Waals surface area contributed by atoms with Gasteiger partial charge in [0.15, 0.2) is 0 Å². The fourth-order valence-electron chi connectivity index (χ4n) is 1.50. The maximum absolute atomic E-state index is 11.8. The Morgan fingerprint density at radius 2 is 1.76 bits per heavy atom. The summed E-state index contributed by atoms with van der Waals surface area (Å²) in [4.78, 5) is 11.8. The minimum atomic E-state index is -0.365. The molecule has 2 aromatic rings. The number of phenols is 2. The summed E-state index contributed by atoms with van der Waals surface area (Å²) in [5, 5.41) is 22.8. The van der Waals surface area contributed by atoms with Gasteiger partial charge in [0.2, 0.25) is 0 Å². The summed E-state index contributed by atoms with van der Waals surface area (Å²) >= 11 is 6.41. The first kappa shape index (κ1) is 15.5. The average Bonchev–Trinajstić information content (AvgIpc) is 2.45. The van der Waals surface area contributed by atoms with Crippen LogP contribution in [0.5, 0.6) is 11.5 Å². The average molecular weight is 414 g/mol. The Morgan fingerprint density at radius 3 is 2.43 bits per heavy atom. The maximum atomic E-state index is 11.8. The van der Waals surface area contributed by atoms with Crippen molar-refractivity contribution in [3.8, 4) is 11.5 Å². The number of nitrogens with zero attached hydrogens (tertiary/aromatic N) is 1. The number of nitrogens with one attached hydrogen (secondary N) is 1. The first-order valence-electron chi connectivity index (χ1n) is 5.78. The third kappa shape index (κ3) is 4.05. The van der Waals surface area contributed by atoms with Crippen molar-refractivity contribution in [2.75, 3.05) is 0 Å². The van der Waals surface area contributed by atoms with E-state index >= 15 is 0 Å². The zero-order chi connectivity index (χ0) is 15.4. The molecule has 108 valence electrons. The van der Waals surface area contributed by atoms with E-state index in [1.807, 2.05) is 0 Å². The standard InChI is InChI=1S/C14H10Br2N2O3/c15-10-3-1-8(2-4-10)14(21)18-17-7-9-5-11(16)13(20)6-12(9)19/h1-7,19-20H,(H,18,21). The smallest absolute Gasteiger partial charge is 0.271 e. The topological polar surface area (TPSA) is 81.9 Å². The van der Waals surface area contributed by atoms with Crippen LogP contribution in [0, 0.1) is 0 Å².